The second-order valence-electron chi connectivity index (χ2n) is 5.33. The highest BCUT2D eigenvalue weighted by Gasteiger charge is 2.25. The fraction of sp³-hybridized carbons (Fsp3) is 0.643. The Labute approximate surface area is 131 Å². The fourth-order valence-corrected chi connectivity index (χ4v) is 4.15. The Morgan fingerprint density at radius 1 is 1.35 bits per heavy atom. The third-order valence-corrected chi connectivity index (χ3v) is 5.54. The van der Waals surface area contributed by atoms with Crippen molar-refractivity contribution >= 4 is 33.2 Å². The average molecular weight is 359 g/mol. The van der Waals surface area contributed by atoms with E-state index in [2.05, 4.69) is 20.8 Å². The van der Waals surface area contributed by atoms with Crippen molar-refractivity contribution in [2.45, 2.75) is 18.9 Å². The van der Waals surface area contributed by atoms with Gasteiger partial charge in [-0.2, -0.15) is 0 Å². The van der Waals surface area contributed by atoms with E-state index in [-0.39, 0.29) is 5.91 Å². The normalized spacial score (nSPS) is 24.2. The van der Waals surface area contributed by atoms with E-state index < -0.39 is 0 Å². The molecule has 1 atom stereocenters. The minimum Gasteiger partial charge on any atom is -0.377 e. The molecular weight excluding hydrogens is 340 g/mol. The first-order valence-corrected chi connectivity index (χ1v) is 8.72. The molecule has 0 aromatic carbocycles. The minimum absolute atomic E-state index is 0.164. The van der Waals surface area contributed by atoms with Crippen molar-refractivity contribution in [1.29, 1.82) is 0 Å². The van der Waals surface area contributed by atoms with Crippen LogP contribution in [0.5, 0.6) is 0 Å². The zero-order chi connectivity index (χ0) is 13.9. The zero-order valence-corrected chi connectivity index (χ0v) is 13.8. The second kappa shape index (κ2) is 6.56. The van der Waals surface area contributed by atoms with Gasteiger partial charge in [-0.1, -0.05) is 0 Å². The number of hydrogen-bond acceptors (Lipinski definition) is 4. The van der Waals surface area contributed by atoms with Gasteiger partial charge in [0.25, 0.3) is 5.91 Å². The summed E-state index contributed by atoms with van der Waals surface area (Å²) in [6, 6.07) is 3.83. The highest BCUT2D eigenvalue weighted by atomic mass is 79.9. The lowest BCUT2D eigenvalue weighted by atomic mass is 10.2. The monoisotopic (exact) mass is 358 g/mol. The molecule has 1 aromatic heterocycles. The van der Waals surface area contributed by atoms with Crippen LogP contribution in [0.4, 0.5) is 0 Å². The van der Waals surface area contributed by atoms with E-state index in [1.54, 1.807) is 0 Å². The molecule has 20 heavy (non-hydrogen) atoms. The van der Waals surface area contributed by atoms with Crippen LogP contribution in [0.3, 0.4) is 0 Å². The number of halogens is 1. The lowest BCUT2D eigenvalue weighted by Gasteiger charge is -2.35. The van der Waals surface area contributed by atoms with Crippen LogP contribution >= 0.6 is 27.3 Å². The van der Waals surface area contributed by atoms with Crippen molar-refractivity contribution < 1.29 is 9.53 Å². The SMILES string of the molecule is O=C(c1ccc(Br)s1)N1CCN(CC2CCCO2)CC1. The number of ether oxygens (including phenoxy) is 1. The molecule has 2 aliphatic heterocycles. The number of hydrogen-bond donors (Lipinski definition) is 0. The highest BCUT2D eigenvalue weighted by Crippen LogP contribution is 2.24. The second-order valence-corrected chi connectivity index (χ2v) is 7.79. The Morgan fingerprint density at radius 2 is 2.15 bits per heavy atom. The quantitative estimate of drug-likeness (QED) is 0.831. The predicted octanol–water partition coefficient (Wildman–Crippen LogP) is 2.45. The molecule has 1 aromatic rings. The summed E-state index contributed by atoms with van der Waals surface area (Å²) in [4.78, 5) is 17.5. The molecule has 0 saturated carbocycles. The number of piperazine rings is 1. The molecule has 110 valence electrons. The Hall–Kier alpha value is -0.430. The van der Waals surface area contributed by atoms with Crippen molar-refractivity contribution in [2.75, 3.05) is 39.3 Å². The highest BCUT2D eigenvalue weighted by molar-refractivity contribution is 9.11. The molecule has 2 aliphatic rings. The molecule has 0 radical (unpaired) electrons. The topological polar surface area (TPSA) is 32.8 Å². The van der Waals surface area contributed by atoms with Crippen LogP contribution < -0.4 is 0 Å². The van der Waals surface area contributed by atoms with E-state index >= 15 is 0 Å². The van der Waals surface area contributed by atoms with Gasteiger partial charge in [0.05, 0.1) is 14.8 Å². The van der Waals surface area contributed by atoms with E-state index in [4.69, 9.17) is 4.74 Å². The molecular formula is C14H19BrN2O2S. The summed E-state index contributed by atoms with van der Waals surface area (Å²) in [6.45, 7) is 5.49. The first-order valence-electron chi connectivity index (χ1n) is 7.11. The number of rotatable bonds is 3. The number of carbonyl (C=O) groups is 1. The maximum Gasteiger partial charge on any atom is 0.264 e. The van der Waals surface area contributed by atoms with Gasteiger partial charge in [0, 0.05) is 39.3 Å². The van der Waals surface area contributed by atoms with E-state index in [0.29, 0.717) is 6.10 Å². The molecule has 2 fully saturated rings. The Morgan fingerprint density at radius 3 is 2.75 bits per heavy atom. The van der Waals surface area contributed by atoms with Gasteiger partial charge in [0.15, 0.2) is 0 Å². The molecule has 0 spiro atoms. The predicted molar refractivity (Wildman–Crippen MR) is 83.3 cm³/mol. The van der Waals surface area contributed by atoms with E-state index in [9.17, 15) is 4.79 Å². The Kier molecular flexibility index (Phi) is 4.75. The average Bonchev–Trinajstić information content (AvgIpc) is 3.10. The molecule has 1 unspecified atom stereocenters. The zero-order valence-electron chi connectivity index (χ0n) is 11.4. The molecule has 3 heterocycles. The summed E-state index contributed by atoms with van der Waals surface area (Å²) in [7, 11) is 0. The van der Waals surface area contributed by atoms with Crippen LogP contribution in [0, 0.1) is 0 Å². The lowest BCUT2D eigenvalue weighted by Crippen LogP contribution is -2.50. The molecule has 0 N–H and O–H groups in total. The van der Waals surface area contributed by atoms with E-state index in [0.717, 1.165) is 48.0 Å². The maximum atomic E-state index is 12.3. The first kappa shape index (κ1) is 14.5. The number of nitrogens with zero attached hydrogens (tertiary/aromatic N) is 2. The summed E-state index contributed by atoms with van der Waals surface area (Å²) >= 11 is 4.92. The van der Waals surface area contributed by atoms with E-state index in [1.165, 1.54) is 24.2 Å². The number of amides is 1. The van der Waals surface area contributed by atoms with Gasteiger partial charge in [0.1, 0.15) is 0 Å². The molecule has 1 amide bonds. The van der Waals surface area contributed by atoms with Crippen LogP contribution in [0.2, 0.25) is 0 Å². The van der Waals surface area contributed by atoms with Crippen LogP contribution in [-0.2, 0) is 4.74 Å². The molecule has 0 aliphatic carbocycles. The Bertz CT molecular complexity index is 465. The van der Waals surface area contributed by atoms with Crippen LogP contribution in [0.1, 0.15) is 22.5 Å². The van der Waals surface area contributed by atoms with Crippen molar-refractivity contribution in [1.82, 2.24) is 9.80 Å². The molecule has 3 rings (SSSR count). The van der Waals surface area contributed by atoms with Crippen LogP contribution in [-0.4, -0.2) is 61.1 Å². The van der Waals surface area contributed by atoms with E-state index in [1.807, 2.05) is 17.0 Å². The van der Waals surface area contributed by atoms with Gasteiger partial charge in [-0.25, -0.2) is 0 Å². The summed E-state index contributed by atoms with van der Waals surface area (Å²) in [5.41, 5.74) is 0. The largest absolute Gasteiger partial charge is 0.377 e. The standard InChI is InChI=1S/C14H19BrN2O2S/c15-13-4-3-12(20-13)14(18)17-7-5-16(6-8-17)10-11-2-1-9-19-11/h3-4,11H,1-2,5-10H2. The number of carbonyl (C=O) groups excluding carboxylic acids is 1. The van der Waals surface area contributed by atoms with Crippen molar-refractivity contribution in [3.05, 3.63) is 20.8 Å². The maximum absolute atomic E-state index is 12.3. The van der Waals surface area contributed by atoms with Crippen molar-refractivity contribution in [3.63, 3.8) is 0 Å². The van der Waals surface area contributed by atoms with Gasteiger partial charge < -0.3 is 9.64 Å². The summed E-state index contributed by atoms with van der Waals surface area (Å²) in [5, 5.41) is 0. The third-order valence-electron chi connectivity index (χ3n) is 3.93. The first-order chi connectivity index (χ1) is 9.72. The summed E-state index contributed by atoms with van der Waals surface area (Å²) in [6.07, 6.45) is 2.78. The third kappa shape index (κ3) is 3.42. The number of thiophene rings is 1. The van der Waals surface area contributed by atoms with Crippen molar-refractivity contribution in [3.8, 4) is 0 Å². The minimum atomic E-state index is 0.164. The fourth-order valence-electron chi connectivity index (χ4n) is 2.79. The molecule has 6 heteroatoms. The van der Waals surface area contributed by atoms with Crippen molar-refractivity contribution in [2.24, 2.45) is 0 Å². The smallest absolute Gasteiger partial charge is 0.264 e. The van der Waals surface area contributed by atoms with Gasteiger partial charge in [0.2, 0.25) is 0 Å². The van der Waals surface area contributed by atoms with Gasteiger partial charge in [-0.05, 0) is 40.9 Å². The van der Waals surface area contributed by atoms with Crippen LogP contribution in [0.15, 0.2) is 15.9 Å². The molecule has 4 nitrogen and oxygen atoms in total. The van der Waals surface area contributed by atoms with Gasteiger partial charge >= 0.3 is 0 Å². The molecule has 0 bridgehead atoms. The van der Waals surface area contributed by atoms with Gasteiger partial charge in [-0.15, -0.1) is 11.3 Å². The summed E-state index contributed by atoms with van der Waals surface area (Å²) < 4.78 is 6.69. The molecule has 2 saturated heterocycles. The lowest BCUT2D eigenvalue weighted by molar-refractivity contribution is 0.0435. The van der Waals surface area contributed by atoms with Crippen LogP contribution in [0.25, 0.3) is 0 Å². The Balaban J connectivity index is 1.49. The summed E-state index contributed by atoms with van der Waals surface area (Å²) in [5.74, 6) is 0.164. The van der Waals surface area contributed by atoms with Gasteiger partial charge in [-0.3, -0.25) is 9.69 Å².